The zero-order valence-electron chi connectivity index (χ0n) is 13.4. The molecule has 5 heteroatoms. The molecule has 0 bridgehead atoms. The number of nitrogens with one attached hydrogen (secondary N) is 1. The molecule has 0 heterocycles. The number of hydrogen-bond acceptors (Lipinski definition) is 4. The van der Waals surface area contributed by atoms with Crippen molar-refractivity contribution in [2.24, 2.45) is 0 Å². The highest BCUT2D eigenvalue weighted by Gasteiger charge is 2.06. The molecule has 0 spiro atoms. The Morgan fingerprint density at radius 2 is 1.87 bits per heavy atom. The van der Waals surface area contributed by atoms with Crippen LogP contribution in [0.2, 0.25) is 0 Å². The minimum atomic E-state index is -0.220. The second kappa shape index (κ2) is 8.80. The van der Waals surface area contributed by atoms with Crippen molar-refractivity contribution in [2.45, 2.75) is 6.92 Å². The van der Waals surface area contributed by atoms with Crippen molar-refractivity contribution >= 4 is 11.6 Å². The summed E-state index contributed by atoms with van der Waals surface area (Å²) in [6.07, 6.45) is 0. The minimum Gasteiger partial charge on any atom is -0.491 e. The molecule has 0 aliphatic heterocycles. The lowest BCUT2D eigenvalue weighted by Gasteiger charge is -2.10. The first kappa shape index (κ1) is 16.8. The number of carbonyl (C=O) groups is 1. The molecule has 0 radical (unpaired) electrons. The monoisotopic (exact) mass is 315 g/mol. The summed E-state index contributed by atoms with van der Waals surface area (Å²) in [6.45, 7) is 2.87. The van der Waals surface area contributed by atoms with E-state index in [0.29, 0.717) is 30.4 Å². The van der Waals surface area contributed by atoms with Gasteiger partial charge in [-0.3, -0.25) is 4.79 Å². The number of aryl methyl sites for hydroxylation is 1. The fourth-order valence-corrected chi connectivity index (χ4v) is 1.97. The summed E-state index contributed by atoms with van der Waals surface area (Å²) in [4.78, 5) is 12.0. The third-order valence-corrected chi connectivity index (χ3v) is 3.13. The third-order valence-electron chi connectivity index (χ3n) is 3.13. The van der Waals surface area contributed by atoms with Crippen LogP contribution in [0.15, 0.2) is 48.5 Å². The van der Waals surface area contributed by atoms with Crippen LogP contribution in [0.1, 0.15) is 5.56 Å². The predicted octanol–water partition coefficient (Wildman–Crippen LogP) is 3.04. The molecular formula is C18H21NO4. The number of ether oxygens (including phenoxy) is 3. The van der Waals surface area contributed by atoms with Gasteiger partial charge >= 0.3 is 0 Å². The van der Waals surface area contributed by atoms with E-state index in [2.05, 4.69) is 5.32 Å². The molecule has 0 fully saturated rings. The van der Waals surface area contributed by atoms with Crippen LogP contribution in [0, 0.1) is 6.92 Å². The van der Waals surface area contributed by atoms with Crippen molar-refractivity contribution < 1.29 is 19.0 Å². The summed E-state index contributed by atoms with van der Waals surface area (Å²) in [5, 5.41) is 2.79. The van der Waals surface area contributed by atoms with E-state index in [1.807, 2.05) is 43.3 Å². The standard InChI is InChI=1S/C18H21NO4/c1-14-6-3-4-9-17(14)23-13-18(20)19-15-7-5-8-16(12-15)22-11-10-21-2/h3-9,12H,10-11,13H2,1-2H3,(H,19,20). The molecule has 1 N–H and O–H groups in total. The Labute approximate surface area is 136 Å². The van der Waals surface area contributed by atoms with Gasteiger partial charge in [-0.2, -0.15) is 0 Å². The van der Waals surface area contributed by atoms with E-state index in [4.69, 9.17) is 14.2 Å². The van der Waals surface area contributed by atoms with Crippen LogP contribution in [-0.2, 0) is 9.53 Å². The molecule has 0 saturated heterocycles. The molecule has 5 nitrogen and oxygen atoms in total. The fraction of sp³-hybridized carbons (Fsp3) is 0.278. The minimum absolute atomic E-state index is 0.0421. The average molecular weight is 315 g/mol. The Morgan fingerprint density at radius 1 is 1.04 bits per heavy atom. The molecule has 2 rings (SSSR count). The number of carbonyl (C=O) groups excluding carboxylic acids is 1. The molecule has 0 atom stereocenters. The topological polar surface area (TPSA) is 56.8 Å². The van der Waals surface area contributed by atoms with E-state index in [9.17, 15) is 4.79 Å². The molecule has 1 amide bonds. The first-order chi connectivity index (χ1) is 11.2. The Bertz CT molecular complexity index is 642. The fourth-order valence-electron chi connectivity index (χ4n) is 1.97. The first-order valence-corrected chi connectivity index (χ1v) is 7.39. The number of para-hydroxylation sites is 1. The van der Waals surface area contributed by atoms with Gasteiger partial charge in [0.25, 0.3) is 5.91 Å². The van der Waals surface area contributed by atoms with E-state index in [1.165, 1.54) is 0 Å². The number of anilines is 1. The molecule has 0 aliphatic rings. The maximum absolute atomic E-state index is 12.0. The Balaban J connectivity index is 1.85. The molecule has 0 saturated carbocycles. The number of hydrogen-bond donors (Lipinski definition) is 1. The number of benzene rings is 2. The quantitative estimate of drug-likeness (QED) is 0.761. The highest BCUT2D eigenvalue weighted by molar-refractivity contribution is 5.92. The molecule has 0 unspecified atom stereocenters. The molecule has 23 heavy (non-hydrogen) atoms. The second-order valence-electron chi connectivity index (χ2n) is 4.97. The van der Waals surface area contributed by atoms with Crippen molar-refractivity contribution in [1.82, 2.24) is 0 Å². The largest absolute Gasteiger partial charge is 0.491 e. The van der Waals surface area contributed by atoms with E-state index >= 15 is 0 Å². The summed E-state index contributed by atoms with van der Waals surface area (Å²) >= 11 is 0. The summed E-state index contributed by atoms with van der Waals surface area (Å²) in [7, 11) is 1.62. The Morgan fingerprint density at radius 3 is 2.65 bits per heavy atom. The first-order valence-electron chi connectivity index (χ1n) is 7.39. The summed E-state index contributed by atoms with van der Waals surface area (Å²) in [5.74, 6) is 1.17. The second-order valence-corrected chi connectivity index (χ2v) is 4.97. The van der Waals surface area contributed by atoms with Crippen molar-refractivity contribution in [1.29, 1.82) is 0 Å². The molecule has 2 aromatic carbocycles. The van der Waals surface area contributed by atoms with Gasteiger partial charge in [-0.25, -0.2) is 0 Å². The van der Waals surface area contributed by atoms with Crippen LogP contribution in [-0.4, -0.2) is 32.8 Å². The summed E-state index contributed by atoms with van der Waals surface area (Å²) < 4.78 is 16.0. The van der Waals surface area contributed by atoms with Gasteiger partial charge in [0.05, 0.1) is 6.61 Å². The van der Waals surface area contributed by atoms with Gasteiger partial charge in [0.1, 0.15) is 18.1 Å². The maximum atomic E-state index is 12.0. The normalized spacial score (nSPS) is 10.2. The van der Waals surface area contributed by atoms with Gasteiger partial charge in [-0.1, -0.05) is 24.3 Å². The van der Waals surface area contributed by atoms with Crippen LogP contribution in [0.3, 0.4) is 0 Å². The highest BCUT2D eigenvalue weighted by atomic mass is 16.5. The zero-order valence-corrected chi connectivity index (χ0v) is 13.4. The Kier molecular flexibility index (Phi) is 6.44. The lowest BCUT2D eigenvalue weighted by molar-refractivity contribution is -0.118. The van der Waals surface area contributed by atoms with Crippen molar-refractivity contribution in [3.05, 3.63) is 54.1 Å². The number of amides is 1. The van der Waals surface area contributed by atoms with Gasteiger partial charge < -0.3 is 19.5 Å². The highest BCUT2D eigenvalue weighted by Crippen LogP contribution is 2.18. The third kappa shape index (κ3) is 5.64. The van der Waals surface area contributed by atoms with E-state index in [-0.39, 0.29) is 12.5 Å². The molecule has 122 valence electrons. The van der Waals surface area contributed by atoms with Crippen LogP contribution in [0.5, 0.6) is 11.5 Å². The van der Waals surface area contributed by atoms with E-state index < -0.39 is 0 Å². The number of rotatable bonds is 8. The predicted molar refractivity (Wildman–Crippen MR) is 89.1 cm³/mol. The van der Waals surface area contributed by atoms with Crippen molar-refractivity contribution in [3.8, 4) is 11.5 Å². The maximum Gasteiger partial charge on any atom is 0.262 e. The van der Waals surface area contributed by atoms with Gasteiger partial charge in [0.15, 0.2) is 6.61 Å². The summed E-state index contributed by atoms with van der Waals surface area (Å²) in [6, 6.07) is 14.8. The smallest absolute Gasteiger partial charge is 0.262 e. The zero-order chi connectivity index (χ0) is 16.5. The average Bonchev–Trinajstić information content (AvgIpc) is 2.55. The van der Waals surface area contributed by atoms with Crippen molar-refractivity contribution in [2.75, 3.05) is 32.2 Å². The van der Waals surface area contributed by atoms with Crippen LogP contribution in [0.4, 0.5) is 5.69 Å². The molecule has 0 aromatic heterocycles. The lowest BCUT2D eigenvalue weighted by atomic mass is 10.2. The van der Waals surface area contributed by atoms with Gasteiger partial charge in [0.2, 0.25) is 0 Å². The van der Waals surface area contributed by atoms with E-state index in [0.717, 1.165) is 5.56 Å². The van der Waals surface area contributed by atoms with Crippen LogP contribution < -0.4 is 14.8 Å². The number of methoxy groups -OCH3 is 1. The van der Waals surface area contributed by atoms with Crippen LogP contribution in [0.25, 0.3) is 0 Å². The van der Waals surface area contributed by atoms with Gasteiger partial charge in [0, 0.05) is 18.9 Å². The van der Waals surface area contributed by atoms with Crippen LogP contribution >= 0.6 is 0 Å². The Hall–Kier alpha value is -2.53. The molecule has 2 aromatic rings. The SMILES string of the molecule is COCCOc1cccc(NC(=O)COc2ccccc2C)c1. The molecular weight excluding hydrogens is 294 g/mol. The van der Waals surface area contributed by atoms with Gasteiger partial charge in [-0.05, 0) is 30.7 Å². The summed E-state index contributed by atoms with van der Waals surface area (Å²) in [5.41, 5.74) is 1.66. The van der Waals surface area contributed by atoms with E-state index in [1.54, 1.807) is 19.2 Å². The van der Waals surface area contributed by atoms with Crippen molar-refractivity contribution in [3.63, 3.8) is 0 Å². The molecule has 0 aliphatic carbocycles. The van der Waals surface area contributed by atoms with Gasteiger partial charge in [-0.15, -0.1) is 0 Å². The lowest BCUT2D eigenvalue weighted by Crippen LogP contribution is -2.20.